The predicted octanol–water partition coefficient (Wildman–Crippen LogP) is 0.921. The number of amides is 3. The van der Waals surface area contributed by atoms with Gasteiger partial charge in [0, 0.05) is 52.1 Å². The normalized spacial score (nSPS) is 17.5. The van der Waals surface area contributed by atoms with Crippen LogP contribution in [0, 0.1) is 0 Å². The average molecular weight is 598 g/mol. The highest BCUT2D eigenvalue weighted by molar-refractivity contribution is 5.93. The molecule has 3 atom stereocenters. The molecule has 1 aliphatic heterocycles. The number of carboxylic acid groups (broad SMARTS) is 2. The summed E-state index contributed by atoms with van der Waals surface area (Å²) in [5.74, 6) is -4.18. The fourth-order valence-electron chi connectivity index (χ4n) is 3.53. The number of esters is 1. The summed E-state index contributed by atoms with van der Waals surface area (Å²) in [5.41, 5.74) is 0.685. The van der Waals surface area contributed by atoms with E-state index in [1.54, 1.807) is 6.07 Å². The minimum Gasteiger partial charge on any atom is -0.481 e. The predicted molar refractivity (Wildman–Crippen MR) is 146 cm³/mol. The van der Waals surface area contributed by atoms with E-state index < -0.39 is 54.1 Å². The van der Waals surface area contributed by atoms with Gasteiger partial charge in [0.25, 0.3) is 0 Å². The molecular formula is C27H39N3O12. The number of carboxylic acids is 2. The fraction of sp³-hybridized carbons (Fsp3) is 0.556. The van der Waals surface area contributed by atoms with E-state index in [1.165, 1.54) is 19.1 Å². The van der Waals surface area contributed by atoms with Gasteiger partial charge in [-0.15, -0.1) is 0 Å². The van der Waals surface area contributed by atoms with E-state index in [0.29, 0.717) is 5.56 Å². The number of benzene rings is 1. The van der Waals surface area contributed by atoms with Crippen LogP contribution in [0.4, 0.5) is 5.69 Å². The van der Waals surface area contributed by atoms with Crippen LogP contribution in [0.2, 0.25) is 0 Å². The lowest BCUT2D eigenvalue weighted by Gasteiger charge is -2.31. The highest BCUT2D eigenvalue weighted by Gasteiger charge is 2.34. The summed E-state index contributed by atoms with van der Waals surface area (Å²) in [6.45, 7) is 5.14. The molecule has 1 saturated heterocycles. The van der Waals surface area contributed by atoms with E-state index in [1.807, 2.05) is 13.8 Å². The van der Waals surface area contributed by atoms with Gasteiger partial charge in [0.05, 0.1) is 18.2 Å². The van der Waals surface area contributed by atoms with Gasteiger partial charge in [0.2, 0.25) is 24.0 Å². The Morgan fingerprint density at radius 2 is 1.52 bits per heavy atom. The molecule has 0 radical (unpaired) electrons. The van der Waals surface area contributed by atoms with Crippen LogP contribution in [-0.2, 0) is 44.8 Å². The molecular weight excluding hydrogens is 558 g/mol. The summed E-state index contributed by atoms with van der Waals surface area (Å²) in [4.78, 5) is 69.0. The van der Waals surface area contributed by atoms with E-state index in [-0.39, 0.29) is 69.7 Å². The van der Waals surface area contributed by atoms with Gasteiger partial charge in [-0.05, 0) is 17.7 Å². The molecule has 3 amide bonds. The Balaban J connectivity index is 0.00000431. The number of aliphatic hydroxyl groups excluding tert-OH is 1. The first-order valence-corrected chi connectivity index (χ1v) is 13.5. The molecule has 15 nitrogen and oxygen atoms in total. The highest BCUT2D eigenvalue weighted by Crippen LogP contribution is 2.30. The Morgan fingerprint density at radius 3 is 2.12 bits per heavy atom. The summed E-state index contributed by atoms with van der Waals surface area (Å²) < 4.78 is 16.1. The van der Waals surface area contributed by atoms with E-state index in [2.05, 4.69) is 16.0 Å². The zero-order chi connectivity index (χ0) is 31.7. The molecule has 0 saturated carbocycles. The maximum absolute atomic E-state index is 12.6. The van der Waals surface area contributed by atoms with Gasteiger partial charge in [0.15, 0.2) is 6.10 Å². The molecule has 0 bridgehead atoms. The SMILES string of the molecule is CC.CC(=O)OCc1ccc(OC2CC(O)CC(C(=O)O)O2)c(NC(=O)CCNC(=O)CCNC(=O)CCC(=O)O)c1. The third-order valence-electron chi connectivity index (χ3n) is 5.48. The number of anilines is 1. The zero-order valence-corrected chi connectivity index (χ0v) is 23.8. The third kappa shape index (κ3) is 14.4. The summed E-state index contributed by atoms with van der Waals surface area (Å²) in [7, 11) is 0. The Labute approximate surface area is 242 Å². The summed E-state index contributed by atoms with van der Waals surface area (Å²) in [6.07, 6.45) is -4.15. The Morgan fingerprint density at radius 1 is 0.905 bits per heavy atom. The maximum atomic E-state index is 12.6. The number of nitrogens with one attached hydrogen (secondary N) is 3. The smallest absolute Gasteiger partial charge is 0.333 e. The molecule has 0 aromatic heterocycles. The number of hydrogen-bond acceptors (Lipinski definition) is 10. The molecule has 1 aromatic carbocycles. The summed E-state index contributed by atoms with van der Waals surface area (Å²) in [6, 6.07) is 4.54. The number of hydrogen-bond donors (Lipinski definition) is 6. The number of carbonyl (C=O) groups excluding carboxylic acids is 4. The van der Waals surface area contributed by atoms with Crippen molar-refractivity contribution in [2.24, 2.45) is 0 Å². The molecule has 2 rings (SSSR count). The quantitative estimate of drug-likeness (QED) is 0.155. The van der Waals surface area contributed by atoms with Gasteiger partial charge in [-0.3, -0.25) is 24.0 Å². The van der Waals surface area contributed by atoms with E-state index in [9.17, 15) is 39.0 Å². The third-order valence-corrected chi connectivity index (χ3v) is 5.48. The van der Waals surface area contributed by atoms with Crippen LogP contribution in [0.1, 0.15) is 64.9 Å². The molecule has 234 valence electrons. The Kier molecular flexibility index (Phi) is 16.2. The lowest BCUT2D eigenvalue weighted by molar-refractivity contribution is -0.195. The zero-order valence-electron chi connectivity index (χ0n) is 23.8. The molecule has 1 fully saturated rings. The second-order valence-corrected chi connectivity index (χ2v) is 8.89. The average Bonchev–Trinajstić information content (AvgIpc) is 2.92. The minimum absolute atomic E-state index is 0.00158. The number of rotatable bonds is 15. The molecule has 15 heteroatoms. The monoisotopic (exact) mass is 597 g/mol. The lowest BCUT2D eigenvalue weighted by atomic mass is 10.1. The van der Waals surface area contributed by atoms with Crippen molar-refractivity contribution in [2.45, 2.75) is 84.4 Å². The van der Waals surface area contributed by atoms with Crippen LogP contribution in [0.3, 0.4) is 0 Å². The van der Waals surface area contributed by atoms with Crippen molar-refractivity contribution in [3.63, 3.8) is 0 Å². The van der Waals surface area contributed by atoms with Crippen molar-refractivity contribution in [2.75, 3.05) is 18.4 Å². The first-order valence-electron chi connectivity index (χ1n) is 13.5. The number of aliphatic carboxylic acids is 2. The van der Waals surface area contributed by atoms with Crippen LogP contribution in [-0.4, -0.2) is 82.5 Å². The van der Waals surface area contributed by atoms with Crippen molar-refractivity contribution in [3.8, 4) is 5.75 Å². The largest absolute Gasteiger partial charge is 0.481 e. The first-order chi connectivity index (χ1) is 19.9. The number of aliphatic hydroxyl groups is 1. The van der Waals surface area contributed by atoms with E-state index in [4.69, 9.17) is 19.3 Å². The van der Waals surface area contributed by atoms with E-state index >= 15 is 0 Å². The van der Waals surface area contributed by atoms with Crippen molar-refractivity contribution in [1.82, 2.24) is 10.6 Å². The molecule has 3 unspecified atom stereocenters. The number of carbonyl (C=O) groups is 6. The second kappa shape index (κ2) is 19.0. The molecule has 42 heavy (non-hydrogen) atoms. The van der Waals surface area contributed by atoms with Crippen LogP contribution in [0.15, 0.2) is 18.2 Å². The van der Waals surface area contributed by atoms with Gasteiger partial charge >= 0.3 is 17.9 Å². The standard InChI is InChI=1S/C25H33N3O12.C2H6/c1-14(29)38-13-15-2-3-18(39-24-12-16(30)11-19(40-24)25(36)37)17(10-15)28-22(33)7-9-27-21(32)6-8-26-20(31)4-5-23(34)35;1-2/h2-3,10,16,19,24,30H,4-9,11-13H2,1H3,(H,26,31)(H,27,32)(H,28,33)(H,34,35)(H,36,37);1-2H3. The van der Waals surface area contributed by atoms with Gasteiger partial charge < -0.3 is 45.5 Å². The number of ether oxygens (including phenoxy) is 3. The van der Waals surface area contributed by atoms with Gasteiger partial charge in [-0.1, -0.05) is 19.9 Å². The maximum Gasteiger partial charge on any atom is 0.333 e. The molecule has 0 spiro atoms. The van der Waals surface area contributed by atoms with Crippen molar-refractivity contribution in [1.29, 1.82) is 0 Å². The van der Waals surface area contributed by atoms with Crippen molar-refractivity contribution in [3.05, 3.63) is 23.8 Å². The molecule has 6 N–H and O–H groups in total. The van der Waals surface area contributed by atoms with Crippen LogP contribution in [0.25, 0.3) is 0 Å². The first kappa shape index (κ1) is 35.8. The van der Waals surface area contributed by atoms with Crippen LogP contribution >= 0.6 is 0 Å². The fourth-order valence-corrected chi connectivity index (χ4v) is 3.53. The minimum atomic E-state index is -1.27. The van der Waals surface area contributed by atoms with Gasteiger partial charge in [-0.2, -0.15) is 0 Å². The topological polar surface area (TPSA) is 227 Å². The Hall–Kier alpha value is -4.24. The summed E-state index contributed by atoms with van der Waals surface area (Å²) >= 11 is 0. The molecule has 1 aliphatic rings. The molecule has 0 aliphatic carbocycles. The molecule has 1 heterocycles. The second-order valence-electron chi connectivity index (χ2n) is 8.89. The highest BCUT2D eigenvalue weighted by atomic mass is 16.7. The van der Waals surface area contributed by atoms with Crippen LogP contribution < -0.4 is 20.7 Å². The van der Waals surface area contributed by atoms with Gasteiger partial charge in [0.1, 0.15) is 12.4 Å². The Bertz CT molecular complexity index is 1090. The molecule has 1 aromatic rings. The van der Waals surface area contributed by atoms with Gasteiger partial charge in [-0.25, -0.2) is 4.79 Å². The van der Waals surface area contributed by atoms with Crippen molar-refractivity contribution >= 4 is 41.3 Å². The summed E-state index contributed by atoms with van der Waals surface area (Å²) in [5, 5.41) is 35.4. The van der Waals surface area contributed by atoms with Crippen LogP contribution in [0.5, 0.6) is 5.75 Å². The van der Waals surface area contributed by atoms with E-state index in [0.717, 1.165) is 0 Å². The lowest BCUT2D eigenvalue weighted by Crippen LogP contribution is -2.42. The van der Waals surface area contributed by atoms with Crippen molar-refractivity contribution < 1.29 is 58.3 Å².